The summed E-state index contributed by atoms with van der Waals surface area (Å²) < 4.78 is 361. The molecule has 0 saturated carbocycles. The third-order valence-electron chi connectivity index (χ3n) is 19.7. The van der Waals surface area contributed by atoms with Crippen molar-refractivity contribution in [2.45, 2.75) is 148 Å². The number of nitrogens with zero attached hydrogens (tertiary/aromatic N) is 2. The molecule has 4 aromatic carbocycles. The maximum atomic E-state index is 13.8. The maximum Gasteiger partial charge on any atom is 0.264 e. The van der Waals surface area contributed by atoms with Crippen molar-refractivity contribution in [2.75, 3.05) is 177 Å². The number of amides is 4. The Bertz CT molecular complexity index is 5700. The van der Waals surface area contributed by atoms with Crippen LogP contribution in [0.3, 0.4) is 0 Å². The van der Waals surface area contributed by atoms with Gasteiger partial charge in [-0.1, -0.05) is 6.92 Å². The second kappa shape index (κ2) is 66.3. The Morgan fingerprint density at radius 1 is 0.262 bits per heavy atom. The number of carbonyl (C=O) groups excluding carboxylic acids is 4. The highest BCUT2D eigenvalue weighted by molar-refractivity contribution is 7.87. The monoisotopic (exact) mass is 2300 g/mol. The molecule has 0 radical (unpaired) electrons. The predicted octanol–water partition coefficient (Wildman–Crippen LogP) is 3.19. The number of unbranched alkanes of at least 4 members (excludes halogenated alkanes) is 3. The van der Waals surface area contributed by atoms with E-state index in [9.17, 15) is 136 Å². The molecule has 0 aliphatic carbocycles. The molecule has 0 aliphatic rings. The molecule has 4 aromatic rings. The molecule has 850 valence electrons. The van der Waals surface area contributed by atoms with Crippen LogP contribution in [0.4, 0.5) is 0 Å². The lowest BCUT2D eigenvalue weighted by Gasteiger charge is -2.19. The zero-order valence-corrected chi connectivity index (χ0v) is 89.4. The minimum Gasteiger partial charge on any atom is -0.490 e. The Morgan fingerprint density at radius 2 is 0.450 bits per heavy atom. The van der Waals surface area contributed by atoms with Crippen molar-refractivity contribution >= 4 is 115 Å². The fourth-order valence-corrected chi connectivity index (χ4v) is 17.1. The van der Waals surface area contributed by atoms with Crippen LogP contribution < -0.4 is 112 Å². The highest BCUT2D eigenvalue weighted by Crippen LogP contribution is 2.44. The zero-order chi connectivity index (χ0) is 111. The number of hydrazine groups is 2. The number of nitrogens with one attached hydrogen (secondary N) is 5. The van der Waals surface area contributed by atoms with Gasteiger partial charge in [-0.3, -0.25) is 60.2 Å². The standard InChI is InChI=1S/C85H138N12O43S9/c1-2-24-92-82(98)63-52-70(129-31-6-4-22-68(87)61-96(89)29-10-27-94-84(100)65-56-74(133-36-14-45-143(108,109)110)80(139-41-19-50-148(123,124)125)75(57-65)134-37-15-46-144(111,112)113)78(137-33-8-3-21-67(86)60-91-25-9-26-93-83(99)64-54-72(131-34-12-43-141(102,103)104)79(138-40-18-49-147(120,121)122)73(55-64)132-35-13-44-142(105,106)107)71(53-63)130-32-7-5-23-69(88)62-97(90)30-11-28-95-85(101)66-58-76(135-38-16-47-145(114,115)116)81(140-42-20-51-149(126,127)128)77(59-66)136-39-17-48-146(117,118)119/h52-62,91H,2-51,86-90H2,1H3,(H,92,98)(H,93,99)(H,94,100)(H,95,101)(H,102,103,104)(H,105,106,107)(H,108,109,110)(H,111,112,113)(H,114,115,116)(H,117,118,119)(H,120,121,122)(H,123,124,125)(H,126,127,128)/b67-60-,68-61-,69-62-. The van der Waals surface area contributed by atoms with E-state index in [-0.39, 0.29) is 274 Å². The van der Waals surface area contributed by atoms with E-state index < -0.39 is 166 Å². The maximum absolute atomic E-state index is 13.8. The van der Waals surface area contributed by atoms with Gasteiger partial charge in [0.1, 0.15) is 0 Å². The number of allylic oxidation sites excluding steroid dienone is 3. The number of hydrogen-bond donors (Lipinski definition) is 19. The lowest BCUT2D eigenvalue weighted by molar-refractivity contribution is 0.0943. The van der Waals surface area contributed by atoms with Gasteiger partial charge in [0.25, 0.3) is 115 Å². The first-order chi connectivity index (χ1) is 69.7. The topological polar surface area (TPSA) is 865 Å². The number of ether oxygens (including phenoxy) is 12. The van der Waals surface area contributed by atoms with E-state index in [1.54, 1.807) is 6.20 Å². The summed E-state index contributed by atoms with van der Waals surface area (Å²) in [6, 6.07) is 10.3. The molecule has 0 bridgehead atoms. The molecule has 0 aliphatic heterocycles. The third-order valence-corrected chi connectivity index (χ3v) is 26.9. The average Bonchev–Trinajstić information content (AvgIpc) is 0.825. The number of carbonyl (C=O) groups is 4. The van der Waals surface area contributed by atoms with Crippen LogP contribution in [0.25, 0.3) is 0 Å². The lowest BCUT2D eigenvalue weighted by Crippen LogP contribution is -2.31. The van der Waals surface area contributed by atoms with Crippen LogP contribution in [0.5, 0.6) is 69.0 Å². The molecular formula is C85H138N12O43S9. The van der Waals surface area contributed by atoms with Gasteiger partial charge < -0.3 is 111 Å². The van der Waals surface area contributed by atoms with Crippen molar-refractivity contribution in [3.05, 3.63) is 106 Å². The number of nitrogens with two attached hydrogens (primary N) is 5. The quantitative estimate of drug-likeness (QED) is 0.0131. The summed E-state index contributed by atoms with van der Waals surface area (Å²) in [5.74, 6) is 2.20. The fourth-order valence-electron chi connectivity index (χ4n) is 12.8. The normalized spacial score (nSPS) is 12.6. The van der Waals surface area contributed by atoms with E-state index in [2.05, 4.69) is 26.6 Å². The zero-order valence-electron chi connectivity index (χ0n) is 82.1. The molecule has 0 aromatic heterocycles. The van der Waals surface area contributed by atoms with Crippen molar-refractivity contribution < 1.29 is 193 Å². The summed E-state index contributed by atoms with van der Waals surface area (Å²) in [5, 5.41) is 16.7. The van der Waals surface area contributed by atoms with Crippen LogP contribution in [0.15, 0.2) is 84.2 Å². The van der Waals surface area contributed by atoms with E-state index in [0.717, 1.165) is 0 Å². The van der Waals surface area contributed by atoms with E-state index in [1.807, 2.05) is 6.92 Å². The second-order valence-corrected chi connectivity index (χ2v) is 47.3. The average molecular weight is 2300 g/mol. The molecule has 0 spiro atoms. The smallest absolute Gasteiger partial charge is 0.264 e. The Labute approximate surface area is 867 Å². The minimum atomic E-state index is -4.43. The van der Waals surface area contributed by atoms with Gasteiger partial charge in [-0.2, -0.15) is 75.8 Å². The molecule has 0 atom stereocenters. The van der Waals surface area contributed by atoms with Crippen molar-refractivity contribution in [3.8, 4) is 69.0 Å². The van der Waals surface area contributed by atoms with Gasteiger partial charge in [0.15, 0.2) is 46.0 Å². The van der Waals surface area contributed by atoms with Gasteiger partial charge in [-0.15, -0.1) is 0 Å². The summed E-state index contributed by atoms with van der Waals surface area (Å²) in [6.45, 7) is -0.262. The van der Waals surface area contributed by atoms with Gasteiger partial charge in [-0.05, 0) is 190 Å². The SMILES string of the molecule is CCCNC(=O)c1cc(OCCCC/C(N)=C/N(N)CCCNC(=O)c2cc(OCCCS(=O)(=O)O)c(OCCCS(=O)(=O)O)c(OCCCS(=O)(=O)O)c2)c(OCCCC/C(N)=C/NCCCNC(=O)c2cc(OCCCS(=O)(=O)O)c(OCCCS(=O)(=O)O)c(OCCCS(=O)(=O)O)c2)c(OCCCC/C(N)=C/N(N)CCCNC(=O)c2cc(OCCCS(=O)(=O)O)c(OCCCS(=O)(=O)O)c(OCCCS(=O)(=O)O)c2)c1. The predicted molar refractivity (Wildman–Crippen MR) is 543 cm³/mol. The van der Waals surface area contributed by atoms with E-state index in [4.69, 9.17) is 85.7 Å². The number of benzene rings is 4. The number of hydrogen-bond acceptors (Lipinski definition) is 42. The van der Waals surface area contributed by atoms with Crippen LogP contribution in [-0.4, -0.2) is 327 Å². The van der Waals surface area contributed by atoms with Gasteiger partial charge in [0.05, 0.1) is 131 Å². The molecule has 149 heavy (non-hydrogen) atoms. The largest absolute Gasteiger partial charge is 0.490 e. The first kappa shape index (κ1) is 131. The van der Waals surface area contributed by atoms with E-state index >= 15 is 0 Å². The summed E-state index contributed by atoms with van der Waals surface area (Å²) >= 11 is 0. The highest BCUT2D eigenvalue weighted by atomic mass is 32.3. The minimum absolute atomic E-state index is 0.0118. The Morgan fingerprint density at radius 3 is 0.664 bits per heavy atom. The van der Waals surface area contributed by atoms with Crippen LogP contribution in [0, 0.1) is 0 Å². The van der Waals surface area contributed by atoms with E-state index in [1.165, 1.54) is 70.9 Å². The summed E-state index contributed by atoms with van der Waals surface area (Å²) in [7, 11) is -39.8. The molecule has 0 heterocycles. The van der Waals surface area contributed by atoms with Crippen molar-refractivity contribution in [3.63, 3.8) is 0 Å². The highest BCUT2D eigenvalue weighted by Gasteiger charge is 2.28. The van der Waals surface area contributed by atoms with Crippen LogP contribution >= 0.6 is 0 Å². The van der Waals surface area contributed by atoms with Gasteiger partial charge in [0, 0.05) is 104 Å². The Kier molecular flexibility index (Phi) is 58.2. The van der Waals surface area contributed by atoms with Crippen molar-refractivity contribution in [1.82, 2.24) is 36.6 Å². The number of rotatable bonds is 84. The molecule has 4 amide bonds. The molecule has 0 saturated heterocycles. The third kappa shape index (κ3) is 62.8. The second-order valence-electron chi connectivity index (χ2n) is 33.2. The van der Waals surface area contributed by atoms with Gasteiger partial charge in [-0.25, -0.2) is 11.7 Å². The first-order valence-corrected chi connectivity index (χ1v) is 61.3. The lowest BCUT2D eigenvalue weighted by atomic mass is 10.1. The summed E-state index contributed by atoms with van der Waals surface area (Å²) in [5.41, 5.74) is 20.3. The van der Waals surface area contributed by atoms with Crippen LogP contribution in [-0.2, 0) is 91.1 Å². The van der Waals surface area contributed by atoms with Gasteiger partial charge in [0.2, 0.25) is 23.0 Å². The van der Waals surface area contributed by atoms with Crippen molar-refractivity contribution in [2.24, 2.45) is 28.9 Å². The molecular weight excluding hydrogens is 2170 g/mol. The summed E-state index contributed by atoms with van der Waals surface area (Å²) in [6.07, 6.45) is 7.23. The fraction of sp³-hybridized carbons (Fsp3) is 0.600. The van der Waals surface area contributed by atoms with Crippen LogP contribution in [0.2, 0.25) is 0 Å². The first-order valence-electron chi connectivity index (χ1n) is 46.8. The molecule has 55 nitrogen and oxygen atoms in total. The molecule has 64 heteroatoms. The summed E-state index contributed by atoms with van der Waals surface area (Å²) in [4.78, 5) is 54.9. The van der Waals surface area contributed by atoms with E-state index in [0.29, 0.717) is 101 Å². The van der Waals surface area contributed by atoms with Crippen molar-refractivity contribution in [1.29, 1.82) is 0 Å². The molecule has 4 rings (SSSR count). The van der Waals surface area contributed by atoms with Gasteiger partial charge >= 0.3 is 0 Å². The molecule has 24 N–H and O–H groups in total. The van der Waals surface area contributed by atoms with Crippen LogP contribution in [0.1, 0.15) is 190 Å². The Hall–Kier alpha value is -10.5. The molecule has 0 fully saturated rings. The molecule has 0 unspecified atom stereocenters. The Balaban J connectivity index is 1.52.